The lowest BCUT2D eigenvalue weighted by Gasteiger charge is -2.33. The Kier molecular flexibility index (Phi) is 12.0. The van der Waals surface area contributed by atoms with Crippen LogP contribution in [0.15, 0.2) is 0 Å². The van der Waals surface area contributed by atoms with Crippen LogP contribution in [0.5, 0.6) is 0 Å². The van der Waals surface area contributed by atoms with Crippen LogP contribution in [0.25, 0.3) is 0 Å². The molecule has 0 aromatic rings. The minimum atomic E-state index is -0.0453. The lowest BCUT2D eigenvalue weighted by Crippen LogP contribution is -2.46. The van der Waals surface area contributed by atoms with Crippen LogP contribution in [-0.4, -0.2) is 42.5 Å². The Morgan fingerprint density at radius 3 is 2.21 bits per heavy atom. The van der Waals surface area contributed by atoms with Gasteiger partial charge in [-0.3, -0.25) is 4.79 Å². The van der Waals surface area contributed by atoms with Crippen LogP contribution in [0.1, 0.15) is 40.0 Å². The Morgan fingerprint density at radius 2 is 1.79 bits per heavy atom. The number of nitrogens with zero attached hydrogens (tertiary/aromatic N) is 1. The maximum Gasteiger partial charge on any atom is 0.221 e. The summed E-state index contributed by atoms with van der Waals surface area (Å²) in [5.41, 5.74) is 5.61. The molecule has 1 aliphatic rings. The van der Waals surface area contributed by atoms with E-state index in [9.17, 15) is 4.79 Å². The van der Waals surface area contributed by atoms with E-state index >= 15 is 0 Å². The van der Waals surface area contributed by atoms with Crippen LogP contribution in [0.4, 0.5) is 0 Å². The molecule has 1 amide bonds. The SMILES string of the molecule is CC(C)CN1CCC(NC(=O)CC(C)N)CC1.Cl.Cl. The predicted molar refractivity (Wildman–Crippen MR) is 85.2 cm³/mol. The normalized spacial score (nSPS) is 18.4. The zero-order valence-electron chi connectivity index (χ0n) is 12.2. The van der Waals surface area contributed by atoms with Gasteiger partial charge in [-0.05, 0) is 25.7 Å². The van der Waals surface area contributed by atoms with Crippen LogP contribution in [0.3, 0.4) is 0 Å². The number of nitrogens with two attached hydrogens (primary N) is 1. The van der Waals surface area contributed by atoms with Gasteiger partial charge in [-0.1, -0.05) is 13.8 Å². The number of hydrogen-bond acceptors (Lipinski definition) is 3. The van der Waals surface area contributed by atoms with Crippen molar-refractivity contribution < 1.29 is 4.79 Å². The fourth-order valence-electron chi connectivity index (χ4n) is 2.36. The fourth-order valence-corrected chi connectivity index (χ4v) is 2.36. The maximum atomic E-state index is 11.6. The van der Waals surface area contributed by atoms with Gasteiger partial charge in [0.15, 0.2) is 0 Å². The second-order valence-electron chi connectivity index (χ2n) is 5.72. The molecule has 1 aliphatic heterocycles. The predicted octanol–water partition coefficient (Wildman–Crippen LogP) is 1.80. The molecule has 1 unspecified atom stereocenters. The van der Waals surface area contributed by atoms with Gasteiger partial charge < -0.3 is 16.0 Å². The molecule has 116 valence electrons. The number of piperidine rings is 1. The van der Waals surface area contributed by atoms with Crippen molar-refractivity contribution in [3.63, 3.8) is 0 Å². The van der Waals surface area contributed by atoms with Gasteiger partial charge in [0, 0.05) is 38.1 Å². The Morgan fingerprint density at radius 1 is 1.26 bits per heavy atom. The number of likely N-dealkylation sites (tertiary alicyclic amines) is 1. The van der Waals surface area contributed by atoms with E-state index in [0.29, 0.717) is 12.5 Å². The van der Waals surface area contributed by atoms with Crippen molar-refractivity contribution in [3.8, 4) is 0 Å². The molecule has 0 aromatic heterocycles. The van der Waals surface area contributed by atoms with E-state index < -0.39 is 0 Å². The van der Waals surface area contributed by atoms with Crippen LogP contribution in [0.2, 0.25) is 0 Å². The summed E-state index contributed by atoms with van der Waals surface area (Å²) < 4.78 is 0. The summed E-state index contributed by atoms with van der Waals surface area (Å²) in [6, 6.07) is 0.306. The van der Waals surface area contributed by atoms with Crippen LogP contribution in [0, 0.1) is 5.92 Å². The first-order valence-corrected chi connectivity index (χ1v) is 6.74. The number of nitrogens with one attached hydrogen (secondary N) is 1. The van der Waals surface area contributed by atoms with Crippen LogP contribution >= 0.6 is 24.8 Å². The van der Waals surface area contributed by atoms with Crippen molar-refractivity contribution in [3.05, 3.63) is 0 Å². The Labute approximate surface area is 129 Å². The summed E-state index contributed by atoms with van der Waals surface area (Å²) in [6.07, 6.45) is 2.57. The van der Waals surface area contributed by atoms with Crippen LogP contribution < -0.4 is 11.1 Å². The first kappa shape index (κ1) is 21.3. The highest BCUT2D eigenvalue weighted by atomic mass is 35.5. The molecule has 0 bridgehead atoms. The Bertz CT molecular complexity index is 242. The number of carbonyl (C=O) groups is 1. The Hall–Kier alpha value is -0.0300. The largest absolute Gasteiger partial charge is 0.353 e. The van der Waals surface area contributed by atoms with E-state index in [4.69, 9.17) is 5.73 Å². The average molecular weight is 314 g/mol. The van der Waals surface area contributed by atoms with Gasteiger partial charge in [0.25, 0.3) is 0 Å². The number of carbonyl (C=O) groups excluding carboxylic acids is 1. The number of amides is 1. The molecule has 0 saturated carbocycles. The molecule has 0 aromatic carbocycles. The van der Waals surface area contributed by atoms with Gasteiger partial charge in [-0.25, -0.2) is 0 Å². The quantitative estimate of drug-likeness (QED) is 0.813. The molecular formula is C13H29Cl2N3O. The summed E-state index contributed by atoms with van der Waals surface area (Å²) in [7, 11) is 0. The van der Waals surface area contributed by atoms with Crippen molar-refractivity contribution in [2.75, 3.05) is 19.6 Å². The van der Waals surface area contributed by atoms with Gasteiger partial charge in [-0.15, -0.1) is 24.8 Å². The third kappa shape index (κ3) is 9.50. The first-order chi connectivity index (χ1) is 7.97. The highest BCUT2D eigenvalue weighted by Gasteiger charge is 2.21. The van der Waals surface area contributed by atoms with E-state index in [2.05, 4.69) is 24.1 Å². The molecule has 1 heterocycles. The third-order valence-corrected chi connectivity index (χ3v) is 3.08. The molecule has 0 radical (unpaired) electrons. The maximum absolute atomic E-state index is 11.6. The first-order valence-electron chi connectivity index (χ1n) is 6.74. The van der Waals surface area contributed by atoms with Gasteiger partial charge in [0.05, 0.1) is 0 Å². The van der Waals surface area contributed by atoms with Crippen molar-refractivity contribution in [1.29, 1.82) is 0 Å². The summed E-state index contributed by atoms with van der Waals surface area (Å²) in [5, 5.41) is 3.08. The monoisotopic (exact) mass is 313 g/mol. The van der Waals surface area contributed by atoms with Gasteiger partial charge in [-0.2, -0.15) is 0 Å². The van der Waals surface area contributed by atoms with Crippen LogP contribution in [-0.2, 0) is 4.79 Å². The number of hydrogen-bond donors (Lipinski definition) is 2. The molecule has 1 saturated heterocycles. The Balaban J connectivity index is 0. The highest BCUT2D eigenvalue weighted by molar-refractivity contribution is 5.85. The lowest BCUT2D eigenvalue weighted by molar-refractivity contribution is -0.122. The summed E-state index contributed by atoms with van der Waals surface area (Å²) >= 11 is 0. The van der Waals surface area contributed by atoms with E-state index in [1.807, 2.05) is 6.92 Å². The third-order valence-electron chi connectivity index (χ3n) is 3.08. The molecule has 4 nitrogen and oxygen atoms in total. The van der Waals surface area contributed by atoms with E-state index in [0.717, 1.165) is 31.8 Å². The summed E-state index contributed by atoms with van der Waals surface area (Å²) in [4.78, 5) is 14.1. The molecule has 1 atom stereocenters. The van der Waals surface area contributed by atoms with E-state index in [1.165, 1.54) is 6.54 Å². The molecular weight excluding hydrogens is 285 g/mol. The lowest BCUT2D eigenvalue weighted by atomic mass is 10.0. The topological polar surface area (TPSA) is 58.4 Å². The summed E-state index contributed by atoms with van der Waals surface area (Å²) in [6.45, 7) is 9.72. The van der Waals surface area contributed by atoms with Crippen molar-refractivity contribution in [1.82, 2.24) is 10.2 Å². The number of rotatable bonds is 5. The highest BCUT2D eigenvalue weighted by Crippen LogP contribution is 2.12. The van der Waals surface area contributed by atoms with Gasteiger partial charge in [0.1, 0.15) is 0 Å². The summed E-state index contributed by atoms with van der Waals surface area (Å²) in [5.74, 6) is 0.821. The van der Waals surface area contributed by atoms with Crippen molar-refractivity contribution in [2.45, 2.75) is 52.1 Å². The molecule has 1 rings (SSSR count). The standard InChI is InChI=1S/C13H27N3O.2ClH/c1-10(2)9-16-6-4-12(5-7-16)15-13(17)8-11(3)14;;/h10-12H,4-9,14H2,1-3H3,(H,15,17);2*1H. The second kappa shape index (κ2) is 10.7. The molecule has 0 aliphatic carbocycles. The zero-order chi connectivity index (χ0) is 12.8. The van der Waals surface area contributed by atoms with Gasteiger partial charge >= 0.3 is 0 Å². The van der Waals surface area contributed by atoms with E-state index in [1.54, 1.807) is 0 Å². The van der Waals surface area contributed by atoms with Crippen molar-refractivity contribution in [2.24, 2.45) is 11.7 Å². The van der Waals surface area contributed by atoms with E-state index in [-0.39, 0.29) is 36.8 Å². The second-order valence-corrected chi connectivity index (χ2v) is 5.72. The minimum absolute atomic E-state index is 0. The zero-order valence-corrected chi connectivity index (χ0v) is 13.9. The van der Waals surface area contributed by atoms with Gasteiger partial charge in [0.2, 0.25) is 5.91 Å². The molecule has 6 heteroatoms. The fraction of sp³-hybridized carbons (Fsp3) is 0.923. The molecule has 3 N–H and O–H groups in total. The van der Waals surface area contributed by atoms with Crippen molar-refractivity contribution >= 4 is 30.7 Å². The minimum Gasteiger partial charge on any atom is -0.353 e. The smallest absolute Gasteiger partial charge is 0.221 e. The molecule has 0 spiro atoms. The molecule has 1 fully saturated rings. The number of halogens is 2. The molecule has 19 heavy (non-hydrogen) atoms. The average Bonchev–Trinajstić information content (AvgIpc) is 2.18.